The molecule has 0 amide bonds. The average Bonchev–Trinajstić information content (AvgIpc) is 3.78. The number of anilines is 2. The van der Waals surface area contributed by atoms with Crippen LogP contribution in [0.1, 0.15) is 24.8 Å². The minimum atomic E-state index is -4.04. The Kier molecular flexibility index (Phi) is 7.62. The monoisotopic (exact) mass is 598 g/mol. The maximum absolute atomic E-state index is 15.5. The van der Waals surface area contributed by atoms with Gasteiger partial charge in [0.15, 0.2) is 11.6 Å². The van der Waals surface area contributed by atoms with Crippen LogP contribution in [0.4, 0.5) is 24.8 Å². The van der Waals surface area contributed by atoms with Gasteiger partial charge in [0.2, 0.25) is 16.0 Å². The van der Waals surface area contributed by atoms with Gasteiger partial charge in [-0.25, -0.2) is 26.6 Å². The number of nitrogens with zero attached hydrogens (tertiary/aromatic N) is 3. The van der Waals surface area contributed by atoms with Gasteiger partial charge in [0.1, 0.15) is 11.8 Å². The summed E-state index contributed by atoms with van der Waals surface area (Å²) in [5.41, 5.74) is -0.702. The van der Waals surface area contributed by atoms with Crippen LogP contribution in [0.2, 0.25) is 0 Å². The number of pyridine rings is 1. The molecule has 0 spiro atoms. The van der Waals surface area contributed by atoms with Gasteiger partial charge in [0.25, 0.3) is 5.56 Å². The number of nitrogens with one attached hydrogen (secondary N) is 3. The number of aromatic nitrogens is 3. The third-order valence-corrected chi connectivity index (χ3v) is 8.68. The van der Waals surface area contributed by atoms with Crippen LogP contribution in [0.15, 0.2) is 59.5 Å². The standard InChI is InChI=1S/C29H29F3N6O3S/c30-20-11-21(14-33-13-20)35-29-34-12-19-10-23(28(39)38(27(19)36-29)15-17-6-7-17)22-8-9-24(26(32)25(22)31)37-42(40,41)16-18-4-2-1-3-5-18/h1-5,8-10,12,17,20-21,33,37H,6-7,11,13-16H2,(H,34,35,36)/t20-,21-/m0/s1. The molecule has 0 bridgehead atoms. The lowest BCUT2D eigenvalue weighted by Gasteiger charge is -2.26. The molecule has 9 nitrogen and oxygen atoms in total. The lowest BCUT2D eigenvalue weighted by Crippen LogP contribution is -2.44. The Labute approximate surface area is 240 Å². The Morgan fingerprint density at radius 1 is 1.02 bits per heavy atom. The van der Waals surface area contributed by atoms with E-state index in [1.54, 1.807) is 30.3 Å². The van der Waals surface area contributed by atoms with Crippen molar-refractivity contribution in [2.24, 2.45) is 5.92 Å². The lowest BCUT2D eigenvalue weighted by atomic mass is 10.0. The molecule has 3 heterocycles. The maximum Gasteiger partial charge on any atom is 0.260 e. The Bertz CT molecular complexity index is 1800. The summed E-state index contributed by atoms with van der Waals surface area (Å²) in [4.78, 5) is 22.6. The molecule has 1 saturated heterocycles. The van der Waals surface area contributed by atoms with Crippen molar-refractivity contribution in [3.63, 3.8) is 0 Å². The summed E-state index contributed by atoms with van der Waals surface area (Å²) in [6.07, 6.45) is 2.65. The number of benzene rings is 2. The molecule has 1 aliphatic carbocycles. The maximum atomic E-state index is 15.5. The second-order valence-corrected chi connectivity index (χ2v) is 12.6. The van der Waals surface area contributed by atoms with Gasteiger partial charge in [-0.15, -0.1) is 0 Å². The number of alkyl halides is 1. The van der Waals surface area contributed by atoms with Crippen LogP contribution in [0, 0.1) is 17.6 Å². The minimum Gasteiger partial charge on any atom is -0.350 e. The zero-order valence-electron chi connectivity index (χ0n) is 22.5. The van der Waals surface area contributed by atoms with Crippen molar-refractivity contribution in [1.29, 1.82) is 0 Å². The van der Waals surface area contributed by atoms with E-state index >= 15 is 8.78 Å². The second kappa shape index (κ2) is 11.4. The first kappa shape index (κ1) is 28.2. The Morgan fingerprint density at radius 3 is 2.55 bits per heavy atom. The van der Waals surface area contributed by atoms with Gasteiger partial charge in [-0.3, -0.25) is 14.1 Å². The SMILES string of the molecule is O=c1c(-c2ccc(NS(=O)(=O)Cc3ccccc3)c(F)c2F)cc2cnc(N[C@@H]3CNC[C@@H](F)C3)nc2n1CC1CC1. The largest absolute Gasteiger partial charge is 0.350 e. The topological polar surface area (TPSA) is 118 Å². The molecular weight excluding hydrogens is 569 g/mol. The van der Waals surface area contributed by atoms with E-state index in [9.17, 15) is 17.6 Å². The van der Waals surface area contributed by atoms with E-state index in [4.69, 9.17) is 0 Å². The molecule has 2 fully saturated rings. The molecule has 1 saturated carbocycles. The van der Waals surface area contributed by atoms with Crippen LogP contribution in [-0.4, -0.2) is 48.3 Å². The first-order chi connectivity index (χ1) is 20.2. The van der Waals surface area contributed by atoms with E-state index in [0.29, 0.717) is 36.1 Å². The van der Waals surface area contributed by atoms with E-state index in [1.165, 1.54) is 22.9 Å². The number of halogens is 3. The summed E-state index contributed by atoms with van der Waals surface area (Å²) in [5.74, 6) is -2.69. The normalized spacial score (nSPS) is 19.1. The van der Waals surface area contributed by atoms with E-state index in [0.717, 1.165) is 18.9 Å². The Morgan fingerprint density at radius 2 is 1.81 bits per heavy atom. The van der Waals surface area contributed by atoms with E-state index in [2.05, 4.69) is 25.3 Å². The van der Waals surface area contributed by atoms with Crippen LogP contribution < -0.4 is 20.9 Å². The third-order valence-electron chi connectivity index (χ3n) is 7.43. The van der Waals surface area contributed by atoms with Gasteiger partial charge >= 0.3 is 0 Å². The summed E-state index contributed by atoms with van der Waals surface area (Å²) >= 11 is 0. The third kappa shape index (κ3) is 6.12. The van der Waals surface area contributed by atoms with Crippen molar-refractivity contribution < 1.29 is 21.6 Å². The lowest BCUT2D eigenvalue weighted by molar-refractivity contribution is 0.254. The van der Waals surface area contributed by atoms with Crippen molar-refractivity contribution in [3.05, 3.63) is 82.3 Å². The van der Waals surface area contributed by atoms with Crippen molar-refractivity contribution in [2.75, 3.05) is 23.1 Å². The summed E-state index contributed by atoms with van der Waals surface area (Å²) < 4.78 is 73.3. The van der Waals surface area contributed by atoms with Crippen molar-refractivity contribution in [1.82, 2.24) is 19.9 Å². The first-order valence-electron chi connectivity index (χ1n) is 13.7. The van der Waals surface area contributed by atoms with E-state index < -0.39 is 44.8 Å². The van der Waals surface area contributed by atoms with Gasteiger partial charge in [-0.05, 0) is 42.5 Å². The molecular formula is C29H29F3N6O3S. The zero-order chi connectivity index (χ0) is 29.4. The van der Waals surface area contributed by atoms with E-state index in [1.807, 2.05) is 0 Å². The molecule has 2 aliphatic rings. The van der Waals surface area contributed by atoms with Crippen molar-refractivity contribution >= 4 is 32.7 Å². The molecule has 0 radical (unpaired) electrons. The average molecular weight is 599 g/mol. The fourth-order valence-corrected chi connectivity index (χ4v) is 6.36. The molecule has 3 N–H and O–H groups in total. The van der Waals surface area contributed by atoms with Crippen LogP contribution in [-0.2, 0) is 22.3 Å². The van der Waals surface area contributed by atoms with Gasteiger partial charge in [0.05, 0.1) is 17.0 Å². The van der Waals surface area contributed by atoms with Crippen LogP contribution in [0.3, 0.4) is 0 Å². The highest BCUT2D eigenvalue weighted by Gasteiger charge is 2.27. The molecule has 42 heavy (non-hydrogen) atoms. The van der Waals surface area contributed by atoms with Crippen LogP contribution in [0.25, 0.3) is 22.2 Å². The zero-order valence-corrected chi connectivity index (χ0v) is 23.3. The van der Waals surface area contributed by atoms with Crippen LogP contribution >= 0.6 is 0 Å². The summed E-state index contributed by atoms with van der Waals surface area (Å²) in [7, 11) is -4.04. The van der Waals surface area contributed by atoms with Gasteiger partial charge in [-0.2, -0.15) is 4.98 Å². The number of hydrogen-bond donors (Lipinski definition) is 3. The number of hydrogen-bond acceptors (Lipinski definition) is 7. The molecule has 2 atom stereocenters. The predicted octanol–water partition coefficient (Wildman–Crippen LogP) is 4.20. The fraction of sp³-hybridized carbons (Fsp3) is 0.345. The summed E-state index contributed by atoms with van der Waals surface area (Å²) in [5, 5.41) is 6.56. The number of sulfonamides is 1. The molecule has 2 aromatic carbocycles. The number of rotatable bonds is 9. The minimum absolute atomic E-state index is 0.0979. The molecule has 13 heteroatoms. The summed E-state index contributed by atoms with van der Waals surface area (Å²) in [6, 6.07) is 11.8. The molecule has 2 aromatic heterocycles. The van der Waals surface area contributed by atoms with Gasteiger partial charge in [-0.1, -0.05) is 30.3 Å². The Hall–Kier alpha value is -3.97. The second-order valence-electron chi connectivity index (χ2n) is 10.9. The van der Waals surface area contributed by atoms with Crippen molar-refractivity contribution in [3.8, 4) is 11.1 Å². The molecule has 4 aromatic rings. The first-order valence-corrected chi connectivity index (χ1v) is 15.4. The molecule has 6 rings (SSSR count). The number of piperidine rings is 1. The molecule has 220 valence electrons. The van der Waals surface area contributed by atoms with E-state index in [-0.39, 0.29) is 35.6 Å². The molecule has 1 aliphatic heterocycles. The highest BCUT2D eigenvalue weighted by Crippen LogP contribution is 2.33. The Balaban J connectivity index is 1.34. The highest BCUT2D eigenvalue weighted by molar-refractivity contribution is 7.91. The van der Waals surface area contributed by atoms with Crippen LogP contribution in [0.5, 0.6) is 0 Å². The quantitative estimate of drug-likeness (QED) is 0.264. The smallest absolute Gasteiger partial charge is 0.260 e. The van der Waals surface area contributed by atoms with Crippen molar-refractivity contribution in [2.45, 2.75) is 43.8 Å². The predicted molar refractivity (Wildman–Crippen MR) is 154 cm³/mol. The highest BCUT2D eigenvalue weighted by atomic mass is 32.2. The molecule has 0 unspecified atom stereocenters. The summed E-state index contributed by atoms with van der Waals surface area (Å²) in [6.45, 7) is 1.18. The number of fused-ring (bicyclic) bond motifs is 1. The fourth-order valence-electron chi connectivity index (χ4n) is 5.17. The van der Waals surface area contributed by atoms with Gasteiger partial charge < -0.3 is 10.6 Å². The van der Waals surface area contributed by atoms with Gasteiger partial charge in [0, 0.05) is 49.2 Å².